The number of anilines is 2. The van der Waals surface area contributed by atoms with Gasteiger partial charge in [-0.2, -0.15) is 0 Å². The number of benzene rings is 2. The lowest BCUT2D eigenvalue weighted by atomic mass is 9.87. The van der Waals surface area contributed by atoms with Crippen LogP contribution in [0.3, 0.4) is 0 Å². The fraction of sp³-hybridized carbons (Fsp3) is 0.316. The molecule has 1 aliphatic carbocycles. The fourth-order valence-electron chi connectivity index (χ4n) is 3.35. The lowest BCUT2D eigenvalue weighted by Gasteiger charge is -2.27. The second-order valence-corrected chi connectivity index (χ2v) is 8.55. The molecule has 1 amide bonds. The van der Waals surface area contributed by atoms with Crippen LogP contribution in [0.1, 0.15) is 45.9 Å². The highest BCUT2D eigenvalue weighted by molar-refractivity contribution is 7.92. The highest BCUT2D eigenvalue weighted by Gasteiger charge is 2.24. The molecule has 0 aliphatic heterocycles. The van der Waals surface area contributed by atoms with Crippen molar-refractivity contribution in [3.05, 3.63) is 58.7 Å². The molecule has 0 radical (unpaired) electrons. The van der Waals surface area contributed by atoms with Gasteiger partial charge in [0.05, 0.1) is 23.5 Å². The van der Waals surface area contributed by atoms with Crippen LogP contribution in [0.25, 0.3) is 0 Å². The predicted octanol–water partition coefficient (Wildman–Crippen LogP) is 2.76. The Bertz CT molecular complexity index is 954. The number of sulfonamides is 1. The zero-order valence-electron chi connectivity index (χ0n) is 14.9. The molecule has 7 heteroatoms. The first-order chi connectivity index (χ1) is 12.2. The number of nitrogens with two attached hydrogens (primary N) is 1. The largest absolute Gasteiger partial charge is 0.399 e. The molecule has 1 aliphatic rings. The highest BCUT2D eigenvalue weighted by atomic mass is 32.2. The Morgan fingerprint density at radius 3 is 2.69 bits per heavy atom. The number of nitrogens with one attached hydrogen (secondary N) is 2. The number of carbonyl (C=O) groups is 1. The van der Waals surface area contributed by atoms with E-state index < -0.39 is 10.0 Å². The molecule has 1 unspecified atom stereocenters. The monoisotopic (exact) mass is 373 g/mol. The molecule has 0 bridgehead atoms. The first kappa shape index (κ1) is 18.3. The van der Waals surface area contributed by atoms with Gasteiger partial charge in [0.1, 0.15) is 0 Å². The van der Waals surface area contributed by atoms with Gasteiger partial charge < -0.3 is 11.1 Å². The van der Waals surface area contributed by atoms with E-state index in [1.54, 1.807) is 18.2 Å². The molecule has 0 saturated heterocycles. The van der Waals surface area contributed by atoms with Crippen LogP contribution < -0.4 is 15.8 Å². The van der Waals surface area contributed by atoms with E-state index >= 15 is 0 Å². The number of rotatable bonds is 4. The van der Waals surface area contributed by atoms with Crippen LogP contribution in [0, 0.1) is 6.92 Å². The zero-order chi connectivity index (χ0) is 18.9. The second-order valence-electron chi connectivity index (χ2n) is 6.80. The van der Waals surface area contributed by atoms with E-state index in [-0.39, 0.29) is 17.6 Å². The van der Waals surface area contributed by atoms with Gasteiger partial charge in [-0.05, 0) is 61.6 Å². The topological polar surface area (TPSA) is 101 Å². The number of aryl methyl sites for hydroxylation is 2. The lowest BCUT2D eigenvalue weighted by molar-refractivity contribution is 0.0933. The summed E-state index contributed by atoms with van der Waals surface area (Å²) >= 11 is 0. The molecule has 2 aromatic carbocycles. The number of carbonyl (C=O) groups excluding carboxylic acids is 1. The van der Waals surface area contributed by atoms with Gasteiger partial charge in [0.2, 0.25) is 10.0 Å². The second kappa shape index (κ2) is 6.99. The molecule has 3 rings (SSSR count). The van der Waals surface area contributed by atoms with Crippen molar-refractivity contribution in [2.24, 2.45) is 0 Å². The first-order valence-electron chi connectivity index (χ1n) is 8.50. The highest BCUT2D eigenvalue weighted by Crippen LogP contribution is 2.31. The van der Waals surface area contributed by atoms with Gasteiger partial charge >= 0.3 is 0 Å². The van der Waals surface area contributed by atoms with Crippen molar-refractivity contribution in [2.45, 2.75) is 32.2 Å². The molecule has 6 nitrogen and oxygen atoms in total. The van der Waals surface area contributed by atoms with Gasteiger partial charge in [-0.1, -0.05) is 17.7 Å². The third kappa shape index (κ3) is 4.16. The Morgan fingerprint density at radius 2 is 1.96 bits per heavy atom. The molecule has 0 spiro atoms. The Hall–Kier alpha value is -2.54. The number of amides is 1. The zero-order valence-corrected chi connectivity index (χ0v) is 15.7. The first-order valence-corrected chi connectivity index (χ1v) is 10.4. The van der Waals surface area contributed by atoms with Crippen molar-refractivity contribution < 1.29 is 13.2 Å². The Labute approximate surface area is 153 Å². The van der Waals surface area contributed by atoms with Crippen molar-refractivity contribution in [1.82, 2.24) is 5.32 Å². The number of hydrogen-bond acceptors (Lipinski definition) is 4. The van der Waals surface area contributed by atoms with Crippen molar-refractivity contribution in [3.63, 3.8) is 0 Å². The normalized spacial score (nSPS) is 16.6. The maximum absolute atomic E-state index is 12.9. The van der Waals surface area contributed by atoms with Crippen molar-refractivity contribution in [1.29, 1.82) is 0 Å². The van der Waals surface area contributed by atoms with E-state index in [9.17, 15) is 13.2 Å². The van der Waals surface area contributed by atoms with Crippen molar-refractivity contribution in [2.75, 3.05) is 16.7 Å². The fourth-order valence-corrected chi connectivity index (χ4v) is 3.93. The average molecular weight is 373 g/mol. The smallest absolute Gasteiger partial charge is 0.253 e. The summed E-state index contributed by atoms with van der Waals surface area (Å²) in [6.07, 6.45) is 3.81. The maximum Gasteiger partial charge on any atom is 0.253 e. The molecule has 26 heavy (non-hydrogen) atoms. The number of hydrogen-bond donors (Lipinski definition) is 3. The molecule has 0 saturated carbocycles. The van der Waals surface area contributed by atoms with E-state index in [2.05, 4.69) is 10.0 Å². The van der Waals surface area contributed by atoms with Crippen molar-refractivity contribution in [3.8, 4) is 0 Å². The minimum absolute atomic E-state index is 0.113. The van der Waals surface area contributed by atoms with Gasteiger partial charge in [-0.15, -0.1) is 0 Å². The van der Waals surface area contributed by atoms with E-state index in [4.69, 9.17) is 5.73 Å². The SMILES string of the molecule is Cc1ccc(NS(C)(=O)=O)c(C(=O)NC2CCCc3cc(N)ccc32)c1. The lowest BCUT2D eigenvalue weighted by Crippen LogP contribution is -2.31. The summed E-state index contributed by atoms with van der Waals surface area (Å²) < 4.78 is 25.6. The molecule has 2 aromatic rings. The van der Waals surface area contributed by atoms with Crippen LogP contribution in [0.15, 0.2) is 36.4 Å². The minimum Gasteiger partial charge on any atom is -0.399 e. The van der Waals surface area contributed by atoms with E-state index in [1.807, 2.05) is 25.1 Å². The Balaban J connectivity index is 1.89. The summed E-state index contributed by atoms with van der Waals surface area (Å²) in [7, 11) is -3.48. The number of fused-ring (bicyclic) bond motifs is 1. The van der Waals surface area contributed by atoms with Crippen LogP contribution in [-0.2, 0) is 16.4 Å². The summed E-state index contributed by atoms with van der Waals surface area (Å²) in [6.45, 7) is 1.86. The Kier molecular flexibility index (Phi) is 4.91. The quantitative estimate of drug-likeness (QED) is 0.717. The van der Waals surface area contributed by atoms with Crippen molar-refractivity contribution >= 4 is 27.3 Å². The molecular formula is C19H23N3O3S. The number of nitrogen functional groups attached to an aromatic ring is 1. The molecule has 1 atom stereocenters. The Morgan fingerprint density at radius 1 is 1.19 bits per heavy atom. The summed E-state index contributed by atoms with van der Waals surface area (Å²) in [4.78, 5) is 12.9. The van der Waals surface area contributed by atoms with E-state index in [1.165, 1.54) is 0 Å². The molecule has 0 aromatic heterocycles. The van der Waals surface area contributed by atoms with Gasteiger partial charge in [0, 0.05) is 5.69 Å². The van der Waals surface area contributed by atoms with E-state index in [0.717, 1.165) is 42.2 Å². The van der Waals surface area contributed by atoms with Crippen LogP contribution in [0.5, 0.6) is 0 Å². The molecule has 138 valence electrons. The molecule has 0 heterocycles. The van der Waals surface area contributed by atoms with Crippen LogP contribution >= 0.6 is 0 Å². The summed E-state index contributed by atoms with van der Waals surface area (Å²) in [5, 5.41) is 3.05. The molecule has 0 fully saturated rings. The van der Waals surface area contributed by atoms with E-state index in [0.29, 0.717) is 11.3 Å². The van der Waals surface area contributed by atoms with Gasteiger partial charge in [-0.3, -0.25) is 9.52 Å². The third-order valence-corrected chi connectivity index (χ3v) is 5.09. The summed E-state index contributed by atoms with van der Waals surface area (Å²) in [6, 6.07) is 10.7. The minimum atomic E-state index is -3.48. The van der Waals surface area contributed by atoms with Crippen LogP contribution in [-0.4, -0.2) is 20.6 Å². The predicted molar refractivity (Wildman–Crippen MR) is 104 cm³/mol. The maximum atomic E-state index is 12.9. The standard InChI is InChI=1S/C19H23N3O3S/c1-12-6-9-18(22-26(2,24)25)16(10-12)19(23)21-17-5-3-4-13-11-14(20)7-8-15(13)17/h6-11,17,22H,3-5,20H2,1-2H3,(H,21,23). The van der Waals surface area contributed by atoms with Gasteiger partial charge in [0.15, 0.2) is 0 Å². The average Bonchev–Trinajstić information content (AvgIpc) is 2.55. The van der Waals surface area contributed by atoms with Gasteiger partial charge in [-0.25, -0.2) is 8.42 Å². The summed E-state index contributed by atoms with van der Waals surface area (Å²) in [5.74, 6) is -0.297. The third-order valence-electron chi connectivity index (χ3n) is 4.50. The molecule has 4 N–H and O–H groups in total. The van der Waals surface area contributed by atoms with Gasteiger partial charge in [0.25, 0.3) is 5.91 Å². The van der Waals surface area contributed by atoms with Crippen LogP contribution in [0.2, 0.25) is 0 Å². The summed E-state index contributed by atoms with van der Waals surface area (Å²) in [5.41, 5.74) is 10.3. The molecular weight excluding hydrogens is 350 g/mol. The van der Waals surface area contributed by atoms with Crippen LogP contribution in [0.4, 0.5) is 11.4 Å².